The average molecular weight is 249 g/mol. The van der Waals surface area contributed by atoms with Crippen LogP contribution in [0.15, 0.2) is 18.2 Å². The highest BCUT2D eigenvalue weighted by Gasteiger charge is 2.30. The van der Waals surface area contributed by atoms with Gasteiger partial charge >= 0.3 is 0 Å². The molecule has 2 atom stereocenters. The van der Waals surface area contributed by atoms with Crippen molar-refractivity contribution in [2.75, 3.05) is 20.2 Å². The number of carbonyl (C=O) groups excluding carboxylic acids is 1. The molecule has 4 nitrogen and oxygen atoms in total. The fraction of sp³-hybridized carbons (Fsp3) is 0.500. The molecule has 98 valence electrons. The van der Waals surface area contributed by atoms with Crippen LogP contribution < -0.4 is 4.74 Å². The Balaban J connectivity index is 1.93. The highest BCUT2D eigenvalue weighted by Crippen LogP contribution is 2.22. The lowest BCUT2D eigenvalue weighted by Gasteiger charge is -2.14. The van der Waals surface area contributed by atoms with E-state index in [0.29, 0.717) is 13.2 Å². The highest BCUT2D eigenvalue weighted by atomic mass is 16.6. The lowest BCUT2D eigenvalue weighted by molar-refractivity contribution is -0.123. The van der Waals surface area contributed by atoms with Crippen molar-refractivity contribution in [3.63, 3.8) is 0 Å². The Morgan fingerprint density at radius 3 is 2.94 bits per heavy atom. The second kappa shape index (κ2) is 5.50. The van der Waals surface area contributed by atoms with Gasteiger partial charge in [-0.25, -0.2) is 0 Å². The quantitative estimate of drug-likeness (QED) is 0.759. The van der Waals surface area contributed by atoms with E-state index in [1.54, 1.807) is 0 Å². The molecule has 4 heteroatoms. The summed E-state index contributed by atoms with van der Waals surface area (Å²) >= 11 is 0. The summed E-state index contributed by atoms with van der Waals surface area (Å²) < 4.78 is 11.3. The van der Waals surface area contributed by atoms with Gasteiger partial charge in [0.1, 0.15) is 18.5 Å². The molecule has 0 aromatic heterocycles. The SMILES string of the molecule is Cc1cccc(OCC2CN(C)C(C=O)O2)c1C. The Morgan fingerprint density at radius 2 is 2.28 bits per heavy atom. The molecule has 1 heterocycles. The molecule has 0 bridgehead atoms. The number of hydrogen-bond acceptors (Lipinski definition) is 4. The van der Waals surface area contributed by atoms with Gasteiger partial charge in [-0.05, 0) is 38.1 Å². The second-order valence-electron chi connectivity index (χ2n) is 4.73. The number of aldehydes is 1. The van der Waals surface area contributed by atoms with E-state index in [1.807, 2.05) is 31.0 Å². The molecule has 1 aliphatic heterocycles. The monoisotopic (exact) mass is 249 g/mol. The second-order valence-corrected chi connectivity index (χ2v) is 4.73. The van der Waals surface area contributed by atoms with E-state index in [-0.39, 0.29) is 6.10 Å². The Labute approximate surface area is 107 Å². The molecule has 2 unspecified atom stereocenters. The standard InChI is InChI=1S/C14H19NO3/c1-10-5-4-6-13(11(10)2)17-9-12-7-15(3)14(8-16)18-12/h4-6,8,12,14H,7,9H2,1-3H3. The van der Waals surface area contributed by atoms with Crippen molar-refractivity contribution < 1.29 is 14.3 Å². The molecule has 0 spiro atoms. The number of likely N-dealkylation sites (N-methyl/N-ethyl adjacent to an activating group) is 1. The summed E-state index contributed by atoms with van der Waals surface area (Å²) in [6.07, 6.45) is 0.333. The van der Waals surface area contributed by atoms with Crippen molar-refractivity contribution in [1.29, 1.82) is 0 Å². The minimum atomic E-state index is -0.433. The third-order valence-electron chi connectivity index (χ3n) is 3.35. The van der Waals surface area contributed by atoms with E-state index in [1.165, 1.54) is 5.56 Å². The number of nitrogens with zero attached hydrogens (tertiary/aromatic N) is 1. The first-order valence-corrected chi connectivity index (χ1v) is 6.12. The topological polar surface area (TPSA) is 38.8 Å². The van der Waals surface area contributed by atoms with Crippen LogP contribution >= 0.6 is 0 Å². The van der Waals surface area contributed by atoms with Crippen LogP contribution in [0.1, 0.15) is 11.1 Å². The Morgan fingerprint density at radius 1 is 1.50 bits per heavy atom. The van der Waals surface area contributed by atoms with Crippen LogP contribution in [0.2, 0.25) is 0 Å². The summed E-state index contributed by atoms with van der Waals surface area (Å²) in [6, 6.07) is 6.00. The lowest BCUT2D eigenvalue weighted by atomic mass is 10.1. The predicted molar refractivity (Wildman–Crippen MR) is 68.8 cm³/mol. The summed E-state index contributed by atoms with van der Waals surface area (Å²) in [5, 5.41) is 0. The molecule has 0 N–H and O–H groups in total. The zero-order valence-electron chi connectivity index (χ0n) is 11.1. The van der Waals surface area contributed by atoms with Crippen LogP contribution in [0.4, 0.5) is 0 Å². The Kier molecular flexibility index (Phi) is 3.99. The Bertz CT molecular complexity index is 433. The maximum Gasteiger partial charge on any atom is 0.167 e. The molecular formula is C14H19NO3. The number of benzene rings is 1. The van der Waals surface area contributed by atoms with Gasteiger partial charge in [0.05, 0.1) is 0 Å². The summed E-state index contributed by atoms with van der Waals surface area (Å²) in [7, 11) is 1.87. The fourth-order valence-electron chi connectivity index (χ4n) is 2.06. The van der Waals surface area contributed by atoms with Crippen molar-refractivity contribution >= 4 is 6.29 Å². The van der Waals surface area contributed by atoms with E-state index in [2.05, 4.69) is 13.0 Å². The van der Waals surface area contributed by atoms with Crippen LogP contribution in [-0.4, -0.2) is 43.7 Å². The van der Waals surface area contributed by atoms with E-state index >= 15 is 0 Å². The zero-order valence-corrected chi connectivity index (χ0v) is 11.1. The molecule has 1 fully saturated rings. The van der Waals surface area contributed by atoms with Gasteiger partial charge in [0.25, 0.3) is 0 Å². The van der Waals surface area contributed by atoms with Crippen molar-refractivity contribution in [2.24, 2.45) is 0 Å². The van der Waals surface area contributed by atoms with Gasteiger partial charge in [-0.2, -0.15) is 0 Å². The summed E-state index contributed by atoms with van der Waals surface area (Å²) in [5.41, 5.74) is 2.36. The summed E-state index contributed by atoms with van der Waals surface area (Å²) in [5.74, 6) is 0.885. The molecule has 1 saturated heterocycles. The molecule has 2 rings (SSSR count). The molecule has 18 heavy (non-hydrogen) atoms. The van der Waals surface area contributed by atoms with Crippen LogP contribution in [0.5, 0.6) is 5.75 Å². The fourth-order valence-corrected chi connectivity index (χ4v) is 2.06. The maximum absolute atomic E-state index is 10.7. The number of rotatable bonds is 4. The number of carbonyl (C=O) groups is 1. The molecule has 0 saturated carbocycles. The van der Waals surface area contributed by atoms with Crippen LogP contribution in [0, 0.1) is 13.8 Å². The van der Waals surface area contributed by atoms with Crippen molar-refractivity contribution in [2.45, 2.75) is 26.2 Å². The predicted octanol–water partition coefficient (Wildman–Crippen LogP) is 1.54. The van der Waals surface area contributed by atoms with E-state index < -0.39 is 6.23 Å². The van der Waals surface area contributed by atoms with Crippen LogP contribution in [0.3, 0.4) is 0 Å². The molecule has 0 amide bonds. The van der Waals surface area contributed by atoms with Crippen LogP contribution in [0.25, 0.3) is 0 Å². The zero-order chi connectivity index (χ0) is 13.1. The molecule has 1 aromatic carbocycles. The lowest BCUT2D eigenvalue weighted by Crippen LogP contribution is -2.27. The minimum Gasteiger partial charge on any atom is -0.491 e. The first kappa shape index (κ1) is 13.1. The first-order chi connectivity index (χ1) is 8.61. The van der Waals surface area contributed by atoms with Gasteiger partial charge in [-0.1, -0.05) is 12.1 Å². The van der Waals surface area contributed by atoms with E-state index in [4.69, 9.17) is 9.47 Å². The highest BCUT2D eigenvalue weighted by molar-refractivity contribution is 5.55. The molecule has 1 aromatic rings. The third-order valence-corrected chi connectivity index (χ3v) is 3.35. The van der Waals surface area contributed by atoms with Crippen LogP contribution in [-0.2, 0) is 9.53 Å². The van der Waals surface area contributed by atoms with Gasteiger partial charge in [-0.15, -0.1) is 0 Å². The van der Waals surface area contributed by atoms with Gasteiger partial charge < -0.3 is 9.47 Å². The Hall–Kier alpha value is -1.39. The van der Waals surface area contributed by atoms with E-state index in [9.17, 15) is 4.79 Å². The van der Waals surface area contributed by atoms with Gasteiger partial charge in [0.15, 0.2) is 12.5 Å². The van der Waals surface area contributed by atoms with Gasteiger partial charge in [-0.3, -0.25) is 9.69 Å². The number of aryl methyl sites for hydroxylation is 1. The molecule has 0 aliphatic carbocycles. The van der Waals surface area contributed by atoms with Crippen molar-refractivity contribution in [3.05, 3.63) is 29.3 Å². The first-order valence-electron chi connectivity index (χ1n) is 6.12. The largest absolute Gasteiger partial charge is 0.491 e. The maximum atomic E-state index is 10.7. The van der Waals surface area contributed by atoms with Crippen molar-refractivity contribution in [3.8, 4) is 5.75 Å². The molecular weight excluding hydrogens is 230 g/mol. The van der Waals surface area contributed by atoms with Crippen molar-refractivity contribution in [1.82, 2.24) is 4.90 Å². The minimum absolute atomic E-state index is 0.0508. The smallest absolute Gasteiger partial charge is 0.167 e. The normalized spacial score (nSPS) is 24.2. The molecule has 1 aliphatic rings. The van der Waals surface area contributed by atoms with E-state index in [0.717, 1.165) is 17.6 Å². The number of ether oxygens (including phenoxy) is 2. The summed E-state index contributed by atoms with van der Waals surface area (Å²) in [4.78, 5) is 12.6. The third kappa shape index (κ3) is 2.71. The summed E-state index contributed by atoms with van der Waals surface area (Å²) in [6.45, 7) is 5.29. The molecule has 0 radical (unpaired) electrons. The number of hydrogen-bond donors (Lipinski definition) is 0. The van der Waals surface area contributed by atoms with Gasteiger partial charge in [0, 0.05) is 6.54 Å². The van der Waals surface area contributed by atoms with Gasteiger partial charge in [0.2, 0.25) is 0 Å². The average Bonchev–Trinajstić information content (AvgIpc) is 2.72.